The van der Waals surface area contributed by atoms with Gasteiger partial charge in [0.2, 0.25) is 11.0 Å². The molecule has 37 heavy (non-hydrogen) atoms. The Morgan fingerprint density at radius 3 is 2.22 bits per heavy atom. The van der Waals surface area contributed by atoms with Crippen LogP contribution < -0.4 is 4.74 Å². The van der Waals surface area contributed by atoms with Crippen LogP contribution in [0.3, 0.4) is 0 Å². The highest BCUT2D eigenvalue weighted by Crippen LogP contribution is 2.54. The number of carbonyl (C=O) groups excluding carboxylic acids is 4. The van der Waals surface area contributed by atoms with Crippen LogP contribution in [-0.4, -0.2) is 49.9 Å². The Kier molecular flexibility index (Phi) is 7.15. The van der Waals surface area contributed by atoms with E-state index in [1.54, 1.807) is 61.5 Å². The smallest absolute Gasteiger partial charge is 0.353 e. The van der Waals surface area contributed by atoms with Crippen LogP contribution in [-0.2, 0) is 44.7 Å². The van der Waals surface area contributed by atoms with Crippen molar-refractivity contribution in [1.29, 1.82) is 0 Å². The summed E-state index contributed by atoms with van der Waals surface area (Å²) in [5.41, 5.74) is -3.76. The highest BCUT2D eigenvalue weighted by molar-refractivity contribution is 6.22. The molecule has 0 amide bonds. The topological polar surface area (TPSA) is 114 Å². The number of fused-ring (bicyclic) bond motifs is 1. The van der Waals surface area contributed by atoms with Crippen molar-refractivity contribution in [3.8, 4) is 5.75 Å². The van der Waals surface area contributed by atoms with E-state index in [0.717, 1.165) is 12.2 Å². The predicted octanol–water partition coefficient (Wildman–Crippen LogP) is 3.17. The SMILES string of the molecule is CCOC(=O)[C@]12CC(=O)C=C(OC)[C@@]1(C(=O)OCc1ccccc1)C(=O)C=C(c1ccc(OC)cc1)O2. The maximum atomic E-state index is 14.0. The third-order valence-corrected chi connectivity index (χ3v) is 6.33. The third kappa shape index (κ3) is 4.26. The van der Waals surface area contributed by atoms with E-state index < -0.39 is 40.9 Å². The number of allylic oxidation sites excluding steroid dienone is 2. The first kappa shape index (κ1) is 25.7. The number of methoxy groups -OCH3 is 2. The van der Waals surface area contributed by atoms with Crippen LogP contribution in [0, 0.1) is 5.41 Å². The van der Waals surface area contributed by atoms with Gasteiger partial charge in [0.1, 0.15) is 23.9 Å². The average molecular weight is 507 g/mol. The molecule has 0 N–H and O–H groups in total. The summed E-state index contributed by atoms with van der Waals surface area (Å²) in [4.78, 5) is 54.2. The number of hydrogen-bond donors (Lipinski definition) is 0. The van der Waals surface area contributed by atoms with E-state index in [1.807, 2.05) is 0 Å². The van der Waals surface area contributed by atoms with Gasteiger partial charge in [-0.2, -0.15) is 0 Å². The Morgan fingerprint density at radius 2 is 1.59 bits per heavy atom. The summed E-state index contributed by atoms with van der Waals surface area (Å²) in [6, 6.07) is 15.3. The van der Waals surface area contributed by atoms with E-state index >= 15 is 0 Å². The minimum Gasteiger partial charge on any atom is -0.499 e. The molecule has 1 aliphatic heterocycles. The minimum absolute atomic E-state index is 0.0163. The van der Waals surface area contributed by atoms with Gasteiger partial charge < -0.3 is 23.7 Å². The Morgan fingerprint density at radius 1 is 0.892 bits per heavy atom. The fourth-order valence-corrected chi connectivity index (χ4v) is 4.58. The highest BCUT2D eigenvalue weighted by Gasteiger charge is 2.75. The van der Waals surface area contributed by atoms with Gasteiger partial charge in [0.05, 0.1) is 27.2 Å². The van der Waals surface area contributed by atoms with Crippen molar-refractivity contribution in [2.24, 2.45) is 5.41 Å². The van der Waals surface area contributed by atoms with Crippen molar-refractivity contribution >= 4 is 29.3 Å². The van der Waals surface area contributed by atoms with Gasteiger partial charge >= 0.3 is 11.9 Å². The van der Waals surface area contributed by atoms with Gasteiger partial charge in [-0.05, 0) is 36.8 Å². The van der Waals surface area contributed by atoms with Gasteiger partial charge in [-0.1, -0.05) is 30.3 Å². The van der Waals surface area contributed by atoms with E-state index in [2.05, 4.69) is 0 Å². The second-order valence-electron chi connectivity index (χ2n) is 8.42. The summed E-state index contributed by atoms with van der Waals surface area (Å²) in [6.45, 7) is 1.29. The largest absolute Gasteiger partial charge is 0.499 e. The summed E-state index contributed by atoms with van der Waals surface area (Å²) < 4.78 is 27.6. The molecule has 2 aromatic rings. The second-order valence-corrected chi connectivity index (χ2v) is 8.42. The molecular formula is C28H26O9. The fraction of sp³-hybridized carbons (Fsp3) is 0.286. The number of esters is 2. The Balaban J connectivity index is 1.89. The molecule has 0 saturated carbocycles. The lowest BCUT2D eigenvalue weighted by atomic mass is 9.60. The number of hydrogen-bond acceptors (Lipinski definition) is 9. The Bertz CT molecular complexity index is 1280. The molecule has 2 aliphatic rings. The Hall–Kier alpha value is -4.40. The number of benzene rings is 2. The van der Waals surface area contributed by atoms with Gasteiger partial charge in [-0.15, -0.1) is 0 Å². The molecular weight excluding hydrogens is 480 g/mol. The van der Waals surface area contributed by atoms with Gasteiger partial charge in [-0.25, -0.2) is 4.79 Å². The number of carbonyl (C=O) groups is 4. The first-order valence-electron chi connectivity index (χ1n) is 11.6. The first-order valence-corrected chi connectivity index (χ1v) is 11.6. The molecule has 4 rings (SSSR count). The molecule has 2 aromatic carbocycles. The second kappa shape index (κ2) is 10.3. The van der Waals surface area contributed by atoms with Gasteiger partial charge in [0.15, 0.2) is 11.6 Å². The van der Waals surface area contributed by atoms with Crippen LogP contribution >= 0.6 is 0 Å². The van der Waals surface area contributed by atoms with Crippen LogP contribution in [0.4, 0.5) is 0 Å². The lowest BCUT2D eigenvalue weighted by Gasteiger charge is -2.48. The zero-order valence-corrected chi connectivity index (χ0v) is 20.6. The van der Waals surface area contributed by atoms with E-state index in [4.69, 9.17) is 23.7 Å². The zero-order chi connectivity index (χ0) is 26.6. The molecule has 1 heterocycles. The van der Waals surface area contributed by atoms with Crippen molar-refractivity contribution in [1.82, 2.24) is 0 Å². The highest BCUT2D eigenvalue weighted by atomic mass is 16.6. The van der Waals surface area contributed by atoms with Gasteiger partial charge in [-0.3, -0.25) is 14.4 Å². The molecule has 9 nitrogen and oxygen atoms in total. The molecule has 0 unspecified atom stereocenters. The van der Waals surface area contributed by atoms with E-state index in [0.29, 0.717) is 16.9 Å². The number of rotatable bonds is 8. The normalized spacial score (nSPS) is 22.6. The predicted molar refractivity (Wildman–Crippen MR) is 130 cm³/mol. The Labute approximate surface area is 213 Å². The van der Waals surface area contributed by atoms with E-state index in [-0.39, 0.29) is 24.7 Å². The van der Waals surface area contributed by atoms with Crippen molar-refractivity contribution in [2.45, 2.75) is 25.6 Å². The molecule has 0 saturated heterocycles. The minimum atomic E-state index is -2.44. The monoisotopic (exact) mass is 506 g/mol. The summed E-state index contributed by atoms with van der Waals surface area (Å²) in [5.74, 6) is -3.39. The zero-order valence-electron chi connectivity index (χ0n) is 20.6. The van der Waals surface area contributed by atoms with Crippen molar-refractivity contribution in [3.05, 3.63) is 83.6 Å². The quantitative estimate of drug-likeness (QED) is 0.393. The maximum absolute atomic E-state index is 14.0. The average Bonchev–Trinajstić information content (AvgIpc) is 2.91. The third-order valence-electron chi connectivity index (χ3n) is 6.33. The van der Waals surface area contributed by atoms with Gasteiger partial charge in [0.25, 0.3) is 0 Å². The molecule has 9 heteroatoms. The first-order chi connectivity index (χ1) is 17.8. The van der Waals surface area contributed by atoms with Crippen molar-refractivity contribution in [2.75, 3.05) is 20.8 Å². The molecule has 0 spiro atoms. The van der Waals surface area contributed by atoms with Crippen LogP contribution in [0.25, 0.3) is 5.76 Å². The lowest BCUT2D eigenvalue weighted by Crippen LogP contribution is -2.68. The molecule has 0 radical (unpaired) electrons. The molecule has 0 fully saturated rings. The standard InChI is InChI=1S/C28H26O9/c1-4-35-25(31)27-16-20(29)14-24(34-3)28(27,26(32)36-17-18-8-6-5-7-9-18)23(30)15-22(37-27)19-10-12-21(33-2)13-11-19/h5-15H,4,16-17H2,1-3H3/t27-,28-/m1/s1. The lowest BCUT2D eigenvalue weighted by molar-refractivity contribution is -0.200. The number of ether oxygens (including phenoxy) is 5. The van der Waals surface area contributed by atoms with Gasteiger partial charge in [0, 0.05) is 17.7 Å². The van der Waals surface area contributed by atoms with E-state index in [1.165, 1.54) is 14.2 Å². The van der Waals surface area contributed by atoms with Crippen molar-refractivity contribution < 1.29 is 42.9 Å². The summed E-state index contributed by atoms with van der Waals surface area (Å²) in [5, 5.41) is 0. The van der Waals surface area contributed by atoms with E-state index in [9.17, 15) is 19.2 Å². The molecule has 1 aliphatic carbocycles. The summed E-state index contributed by atoms with van der Waals surface area (Å²) >= 11 is 0. The van der Waals surface area contributed by atoms with Crippen LogP contribution in [0.2, 0.25) is 0 Å². The fourth-order valence-electron chi connectivity index (χ4n) is 4.58. The number of ketones is 2. The molecule has 0 aromatic heterocycles. The van der Waals surface area contributed by atoms with Crippen LogP contribution in [0.5, 0.6) is 5.75 Å². The molecule has 0 bridgehead atoms. The van der Waals surface area contributed by atoms with Crippen LogP contribution in [0.15, 0.2) is 72.5 Å². The maximum Gasteiger partial charge on any atom is 0.353 e. The molecule has 2 atom stereocenters. The summed E-state index contributed by atoms with van der Waals surface area (Å²) in [7, 11) is 2.70. The molecule has 192 valence electrons. The summed E-state index contributed by atoms with van der Waals surface area (Å²) in [6.07, 6.45) is 1.48. The van der Waals surface area contributed by atoms with Crippen molar-refractivity contribution in [3.63, 3.8) is 0 Å². The van der Waals surface area contributed by atoms with Crippen LogP contribution in [0.1, 0.15) is 24.5 Å².